The van der Waals surface area contributed by atoms with E-state index in [-0.39, 0.29) is 0 Å². The number of hydrogen-bond acceptors (Lipinski definition) is 5. The maximum Gasteiger partial charge on any atom is 0.144 e. The summed E-state index contributed by atoms with van der Waals surface area (Å²) in [5.41, 5.74) is 0.499. The molecule has 1 aliphatic heterocycles. The number of hydrogen-bond donors (Lipinski definition) is 2. The normalized spacial score (nSPS) is 19.3. The Labute approximate surface area is 115 Å². The summed E-state index contributed by atoms with van der Waals surface area (Å²) in [7, 11) is 0. The van der Waals surface area contributed by atoms with Crippen molar-refractivity contribution in [3.8, 4) is 0 Å². The molecule has 1 aromatic rings. The first-order chi connectivity index (χ1) is 9.09. The van der Waals surface area contributed by atoms with Gasteiger partial charge in [-0.3, -0.25) is 9.88 Å². The zero-order valence-corrected chi connectivity index (χ0v) is 11.9. The van der Waals surface area contributed by atoms with Crippen LogP contribution < -0.4 is 5.32 Å². The molecular weight excluding hydrogens is 240 g/mol. The van der Waals surface area contributed by atoms with Crippen LogP contribution in [0, 0.1) is 0 Å². The molecule has 1 aliphatic rings. The molecule has 106 valence electrons. The quantitative estimate of drug-likeness (QED) is 0.846. The third-order valence-corrected chi connectivity index (χ3v) is 3.58. The van der Waals surface area contributed by atoms with Crippen molar-refractivity contribution in [1.82, 2.24) is 14.9 Å². The van der Waals surface area contributed by atoms with Gasteiger partial charge in [-0.2, -0.15) is 0 Å². The molecule has 2 rings (SSSR count). The Balaban J connectivity index is 1.83. The van der Waals surface area contributed by atoms with Crippen molar-refractivity contribution < 1.29 is 5.11 Å². The van der Waals surface area contributed by atoms with Crippen LogP contribution in [0.2, 0.25) is 0 Å². The van der Waals surface area contributed by atoms with Crippen molar-refractivity contribution in [2.24, 2.45) is 0 Å². The van der Waals surface area contributed by atoms with Crippen molar-refractivity contribution in [2.75, 3.05) is 25.0 Å². The van der Waals surface area contributed by atoms with Gasteiger partial charge in [-0.15, -0.1) is 0 Å². The molecule has 0 saturated carbocycles. The van der Waals surface area contributed by atoms with Crippen LogP contribution in [-0.2, 0) is 6.54 Å². The number of aliphatic hydroxyl groups is 1. The minimum absolute atomic E-state index is 0.490. The van der Waals surface area contributed by atoms with Gasteiger partial charge in [-0.1, -0.05) is 6.92 Å². The fourth-order valence-electron chi connectivity index (χ4n) is 2.20. The fourth-order valence-corrected chi connectivity index (χ4v) is 2.20. The lowest BCUT2D eigenvalue weighted by Gasteiger charge is -2.35. The Bertz CT molecular complexity index is 381. The SMILES string of the molecule is CCCNc1cnc(CN2CCC(C)(O)CC2)cn1. The monoisotopic (exact) mass is 264 g/mol. The Hall–Kier alpha value is -1.20. The highest BCUT2D eigenvalue weighted by molar-refractivity contribution is 5.30. The summed E-state index contributed by atoms with van der Waals surface area (Å²) in [6.07, 6.45) is 6.38. The van der Waals surface area contributed by atoms with Crippen LogP contribution in [0.15, 0.2) is 12.4 Å². The predicted octanol–water partition coefficient (Wildman–Crippen LogP) is 1.65. The van der Waals surface area contributed by atoms with Crippen LogP contribution in [0.3, 0.4) is 0 Å². The molecule has 0 spiro atoms. The topological polar surface area (TPSA) is 61.3 Å². The second kappa shape index (κ2) is 6.30. The molecule has 0 aliphatic carbocycles. The van der Waals surface area contributed by atoms with E-state index >= 15 is 0 Å². The first-order valence-corrected chi connectivity index (χ1v) is 7.08. The maximum absolute atomic E-state index is 9.91. The molecule has 0 aromatic carbocycles. The summed E-state index contributed by atoms with van der Waals surface area (Å²) in [6.45, 7) is 7.62. The average molecular weight is 264 g/mol. The van der Waals surface area contributed by atoms with Gasteiger partial charge in [0.1, 0.15) is 5.82 Å². The van der Waals surface area contributed by atoms with E-state index in [4.69, 9.17) is 0 Å². The highest BCUT2D eigenvalue weighted by Crippen LogP contribution is 2.21. The van der Waals surface area contributed by atoms with Gasteiger partial charge in [0, 0.05) is 26.2 Å². The molecule has 0 atom stereocenters. The fraction of sp³-hybridized carbons (Fsp3) is 0.714. The summed E-state index contributed by atoms with van der Waals surface area (Å²) in [4.78, 5) is 11.1. The Kier molecular flexibility index (Phi) is 4.71. The van der Waals surface area contributed by atoms with Gasteiger partial charge in [0.25, 0.3) is 0 Å². The second-order valence-corrected chi connectivity index (χ2v) is 5.59. The average Bonchev–Trinajstić information content (AvgIpc) is 2.40. The predicted molar refractivity (Wildman–Crippen MR) is 75.9 cm³/mol. The van der Waals surface area contributed by atoms with E-state index in [0.717, 1.165) is 57.0 Å². The first kappa shape index (κ1) is 14.2. The molecule has 0 radical (unpaired) electrons. The Morgan fingerprint density at radius 1 is 1.32 bits per heavy atom. The van der Waals surface area contributed by atoms with Crippen LogP contribution in [0.1, 0.15) is 38.8 Å². The number of anilines is 1. The van der Waals surface area contributed by atoms with Crippen molar-refractivity contribution in [2.45, 2.75) is 45.3 Å². The zero-order valence-electron chi connectivity index (χ0n) is 11.9. The third kappa shape index (κ3) is 4.44. The number of rotatable bonds is 5. The van der Waals surface area contributed by atoms with Gasteiger partial charge in [0.2, 0.25) is 0 Å². The van der Waals surface area contributed by atoms with Crippen molar-refractivity contribution in [3.63, 3.8) is 0 Å². The molecule has 19 heavy (non-hydrogen) atoms. The number of nitrogens with zero attached hydrogens (tertiary/aromatic N) is 3. The molecule has 5 nitrogen and oxygen atoms in total. The number of likely N-dealkylation sites (tertiary alicyclic amines) is 1. The van der Waals surface area contributed by atoms with Crippen molar-refractivity contribution in [1.29, 1.82) is 0 Å². The molecule has 0 bridgehead atoms. The molecule has 5 heteroatoms. The van der Waals surface area contributed by atoms with E-state index in [1.165, 1.54) is 0 Å². The summed E-state index contributed by atoms with van der Waals surface area (Å²) in [6, 6.07) is 0. The van der Waals surface area contributed by atoms with Crippen LogP contribution in [0.25, 0.3) is 0 Å². The van der Waals surface area contributed by atoms with Crippen LogP contribution >= 0.6 is 0 Å². The number of aromatic nitrogens is 2. The van der Waals surface area contributed by atoms with Gasteiger partial charge in [0.15, 0.2) is 0 Å². The first-order valence-electron chi connectivity index (χ1n) is 7.08. The molecular formula is C14H24N4O. The lowest BCUT2D eigenvalue weighted by Crippen LogP contribution is -2.42. The molecule has 0 unspecified atom stereocenters. The zero-order chi connectivity index (χ0) is 13.7. The smallest absolute Gasteiger partial charge is 0.144 e. The lowest BCUT2D eigenvalue weighted by molar-refractivity contribution is -0.00759. The highest BCUT2D eigenvalue weighted by atomic mass is 16.3. The summed E-state index contributed by atoms with van der Waals surface area (Å²) < 4.78 is 0. The van der Waals surface area contributed by atoms with Crippen LogP contribution in [0.5, 0.6) is 0 Å². The molecule has 0 amide bonds. The summed E-state index contributed by atoms with van der Waals surface area (Å²) in [5.74, 6) is 0.840. The van der Waals surface area contributed by atoms with Gasteiger partial charge < -0.3 is 10.4 Å². The van der Waals surface area contributed by atoms with E-state index in [1.807, 2.05) is 13.1 Å². The van der Waals surface area contributed by atoms with Gasteiger partial charge in [0.05, 0.1) is 23.7 Å². The van der Waals surface area contributed by atoms with Crippen molar-refractivity contribution in [3.05, 3.63) is 18.1 Å². The molecule has 1 aromatic heterocycles. The Morgan fingerprint density at radius 2 is 2.05 bits per heavy atom. The van der Waals surface area contributed by atoms with Gasteiger partial charge in [-0.05, 0) is 26.2 Å². The summed E-state index contributed by atoms with van der Waals surface area (Å²) in [5, 5.41) is 13.1. The largest absolute Gasteiger partial charge is 0.390 e. The third-order valence-electron chi connectivity index (χ3n) is 3.58. The van der Waals surface area contributed by atoms with Gasteiger partial charge in [-0.25, -0.2) is 4.98 Å². The second-order valence-electron chi connectivity index (χ2n) is 5.59. The summed E-state index contributed by atoms with van der Waals surface area (Å²) >= 11 is 0. The molecule has 1 fully saturated rings. The van der Waals surface area contributed by atoms with E-state index in [0.29, 0.717) is 0 Å². The highest BCUT2D eigenvalue weighted by Gasteiger charge is 2.27. The van der Waals surface area contributed by atoms with E-state index in [9.17, 15) is 5.11 Å². The molecule has 2 heterocycles. The minimum atomic E-state index is -0.490. The number of nitrogens with one attached hydrogen (secondary N) is 1. The van der Waals surface area contributed by atoms with Crippen molar-refractivity contribution >= 4 is 5.82 Å². The maximum atomic E-state index is 9.91. The Morgan fingerprint density at radius 3 is 2.63 bits per heavy atom. The molecule has 2 N–H and O–H groups in total. The number of piperidine rings is 1. The minimum Gasteiger partial charge on any atom is -0.390 e. The van der Waals surface area contributed by atoms with Crippen LogP contribution in [0.4, 0.5) is 5.82 Å². The lowest BCUT2D eigenvalue weighted by atomic mass is 9.94. The van der Waals surface area contributed by atoms with Gasteiger partial charge >= 0.3 is 0 Å². The van der Waals surface area contributed by atoms with E-state index in [1.54, 1.807) is 6.20 Å². The molecule has 1 saturated heterocycles. The van der Waals surface area contributed by atoms with Crippen LogP contribution in [-0.4, -0.2) is 45.2 Å². The standard InChI is InChI=1S/C14H24N4O/c1-3-6-15-13-10-16-12(9-17-13)11-18-7-4-14(2,19)5-8-18/h9-10,19H,3-8,11H2,1-2H3,(H,15,17). The van der Waals surface area contributed by atoms with E-state index < -0.39 is 5.60 Å². The van der Waals surface area contributed by atoms with E-state index in [2.05, 4.69) is 27.1 Å².